The van der Waals surface area contributed by atoms with Gasteiger partial charge in [-0.05, 0) is 18.2 Å². The molecule has 0 saturated carbocycles. The number of hydrogen-bond donors (Lipinski definition) is 0. The predicted molar refractivity (Wildman–Crippen MR) is 67.4 cm³/mol. The van der Waals surface area contributed by atoms with E-state index in [1.54, 1.807) is 0 Å². The number of carbonyl (C=O) groups excluding carboxylic acids is 2. The van der Waals surface area contributed by atoms with Gasteiger partial charge in [-0.25, -0.2) is 0 Å². The summed E-state index contributed by atoms with van der Waals surface area (Å²) in [5.74, 6) is -1.23. The molecule has 20 heavy (non-hydrogen) atoms. The molecule has 0 N–H and O–H groups in total. The summed E-state index contributed by atoms with van der Waals surface area (Å²) < 4.78 is 41.5. The van der Waals surface area contributed by atoms with Crippen LogP contribution in [-0.4, -0.2) is 24.6 Å². The van der Waals surface area contributed by atoms with E-state index < -0.39 is 18.0 Å². The van der Waals surface area contributed by atoms with E-state index in [1.807, 2.05) is 0 Å². The van der Waals surface area contributed by atoms with Gasteiger partial charge in [-0.3, -0.25) is 9.59 Å². The van der Waals surface area contributed by atoms with Crippen LogP contribution in [0.3, 0.4) is 0 Å². The van der Waals surface area contributed by atoms with Gasteiger partial charge < -0.3 is 9.64 Å². The van der Waals surface area contributed by atoms with Crippen molar-refractivity contribution in [3.8, 4) is 5.75 Å². The van der Waals surface area contributed by atoms with Crippen LogP contribution in [0.25, 0.3) is 0 Å². The zero-order valence-electron chi connectivity index (χ0n) is 10.0. The normalized spacial score (nSPS) is 16.5. The van der Waals surface area contributed by atoms with E-state index in [0.29, 0.717) is 4.47 Å². The third-order valence-electron chi connectivity index (χ3n) is 2.70. The molecule has 4 nitrogen and oxygen atoms in total. The maximum absolute atomic E-state index is 12.4. The van der Waals surface area contributed by atoms with Crippen LogP contribution < -0.4 is 9.64 Å². The number of halogens is 4. The highest BCUT2D eigenvalue weighted by Gasteiger charge is 2.34. The monoisotopic (exact) mass is 351 g/mol. The van der Waals surface area contributed by atoms with Crippen molar-refractivity contribution in [1.82, 2.24) is 0 Å². The summed E-state index contributed by atoms with van der Waals surface area (Å²) in [7, 11) is 0. The number of alkyl halides is 3. The standard InChI is InChI=1S/C12H9BrF3NO3/c13-7-1-2-9(10(5-7)20-12(14,15)16)17-4-3-8(18)6-11(17)19/h1-2,5H,3-4,6H2. The van der Waals surface area contributed by atoms with Gasteiger partial charge in [0.05, 0.1) is 12.1 Å². The molecule has 108 valence electrons. The number of carbonyl (C=O) groups is 2. The van der Waals surface area contributed by atoms with Gasteiger partial charge in [-0.2, -0.15) is 0 Å². The largest absolute Gasteiger partial charge is 0.573 e. The Morgan fingerprint density at radius 3 is 2.55 bits per heavy atom. The van der Waals surface area contributed by atoms with Crippen molar-refractivity contribution < 1.29 is 27.5 Å². The van der Waals surface area contributed by atoms with E-state index in [-0.39, 0.29) is 30.9 Å². The number of piperidine rings is 1. The second-order valence-corrected chi connectivity index (χ2v) is 5.09. The average Bonchev–Trinajstić information content (AvgIpc) is 2.28. The third-order valence-corrected chi connectivity index (χ3v) is 3.20. The van der Waals surface area contributed by atoms with E-state index in [2.05, 4.69) is 20.7 Å². The van der Waals surface area contributed by atoms with Crippen molar-refractivity contribution in [1.29, 1.82) is 0 Å². The van der Waals surface area contributed by atoms with Gasteiger partial charge in [-0.15, -0.1) is 13.2 Å². The summed E-state index contributed by atoms with van der Waals surface area (Å²) in [6.07, 6.45) is -5.04. The van der Waals surface area contributed by atoms with Gasteiger partial charge in [0, 0.05) is 17.4 Å². The van der Waals surface area contributed by atoms with Crippen molar-refractivity contribution >= 4 is 33.3 Å². The topological polar surface area (TPSA) is 46.6 Å². The van der Waals surface area contributed by atoms with Crippen LogP contribution in [0.2, 0.25) is 0 Å². The Balaban J connectivity index is 2.35. The Hall–Kier alpha value is -1.57. The number of ether oxygens (including phenoxy) is 1. The number of anilines is 1. The molecule has 0 aromatic heterocycles. The second kappa shape index (κ2) is 5.43. The summed E-state index contributed by atoms with van der Waals surface area (Å²) in [4.78, 5) is 24.1. The maximum Gasteiger partial charge on any atom is 0.573 e. The van der Waals surface area contributed by atoms with E-state index in [0.717, 1.165) is 11.0 Å². The molecule has 2 rings (SSSR count). The first-order valence-electron chi connectivity index (χ1n) is 5.63. The summed E-state index contributed by atoms with van der Waals surface area (Å²) in [6, 6.07) is 3.98. The molecule has 0 atom stereocenters. The van der Waals surface area contributed by atoms with Gasteiger partial charge in [0.2, 0.25) is 5.91 Å². The molecule has 1 aromatic carbocycles. The fraction of sp³-hybridized carbons (Fsp3) is 0.333. The molecule has 1 heterocycles. The van der Waals surface area contributed by atoms with E-state index in [1.165, 1.54) is 12.1 Å². The molecular formula is C12H9BrF3NO3. The second-order valence-electron chi connectivity index (χ2n) is 4.17. The van der Waals surface area contributed by atoms with Crippen LogP contribution in [0.5, 0.6) is 5.75 Å². The minimum absolute atomic E-state index is 0.00280. The lowest BCUT2D eigenvalue weighted by Gasteiger charge is -2.28. The number of benzene rings is 1. The Labute approximate surface area is 120 Å². The van der Waals surface area contributed by atoms with Crippen molar-refractivity contribution in [2.24, 2.45) is 0 Å². The van der Waals surface area contributed by atoms with Crippen LogP contribution in [0, 0.1) is 0 Å². The first-order chi connectivity index (χ1) is 9.26. The highest BCUT2D eigenvalue weighted by atomic mass is 79.9. The summed E-state index contributed by atoms with van der Waals surface area (Å²) >= 11 is 3.05. The quantitative estimate of drug-likeness (QED) is 0.769. The van der Waals surface area contributed by atoms with E-state index in [4.69, 9.17) is 0 Å². The lowest BCUT2D eigenvalue weighted by Crippen LogP contribution is -2.39. The summed E-state index contributed by atoms with van der Waals surface area (Å²) in [5.41, 5.74) is 0.00280. The first-order valence-corrected chi connectivity index (χ1v) is 6.43. The third kappa shape index (κ3) is 3.50. The number of Topliss-reactive ketones (excluding diaryl/α,β-unsaturated/α-hetero) is 1. The van der Waals surface area contributed by atoms with Gasteiger partial charge in [-0.1, -0.05) is 15.9 Å². The Morgan fingerprint density at radius 2 is 1.95 bits per heavy atom. The molecule has 1 amide bonds. The number of ketones is 1. The van der Waals surface area contributed by atoms with Gasteiger partial charge >= 0.3 is 6.36 Å². The molecule has 1 fully saturated rings. The van der Waals surface area contributed by atoms with Crippen molar-refractivity contribution in [3.63, 3.8) is 0 Å². The smallest absolute Gasteiger partial charge is 0.404 e. The highest BCUT2D eigenvalue weighted by molar-refractivity contribution is 9.10. The van der Waals surface area contributed by atoms with Crippen LogP contribution >= 0.6 is 15.9 Å². The summed E-state index contributed by atoms with van der Waals surface area (Å²) in [6.45, 7) is 0.0491. The van der Waals surface area contributed by atoms with Crippen molar-refractivity contribution in [2.45, 2.75) is 19.2 Å². The molecule has 0 unspecified atom stereocenters. The SMILES string of the molecule is O=C1CCN(c2ccc(Br)cc2OC(F)(F)F)C(=O)C1. The van der Waals surface area contributed by atoms with Crippen LogP contribution in [0.1, 0.15) is 12.8 Å². The number of rotatable bonds is 2. The Morgan fingerprint density at radius 1 is 1.25 bits per heavy atom. The molecule has 1 aliphatic heterocycles. The fourth-order valence-corrected chi connectivity index (χ4v) is 2.23. The zero-order chi connectivity index (χ0) is 14.9. The van der Waals surface area contributed by atoms with Crippen LogP contribution in [0.4, 0.5) is 18.9 Å². The van der Waals surface area contributed by atoms with Gasteiger partial charge in [0.1, 0.15) is 5.78 Å². The first kappa shape index (κ1) is 14.8. The Bertz CT molecular complexity index is 559. The molecule has 0 aliphatic carbocycles. The van der Waals surface area contributed by atoms with E-state index in [9.17, 15) is 22.8 Å². The summed E-state index contributed by atoms with van der Waals surface area (Å²) in [5, 5.41) is 0. The molecule has 8 heteroatoms. The fourth-order valence-electron chi connectivity index (χ4n) is 1.89. The van der Waals surface area contributed by atoms with Crippen molar-refractivity contribution in [3.05, 3.63) is 22.7 Å². The molecule has 0 bridgehead atoms. The molecule has 0 spiro atoms. The number of nitrogens with zero attached hydrogens (tertiary/aromatic N) is 1. The average molecular weight is 352 g/mol. The predicted octanol–water partition coefficient (Wildman–Crippen LogP) is 3.04. The lowest BCUT2D eigenvalue weighted by molar-refractivity contribution is -0.274. The Kier molecular flexibility index (Phi) is 4.03. The molecule has 1 aromatic rings. The number of hydrogen-bond acceptors (Lipinski definition) is 3. The molecule has 1 saturated heterocycles. The zero-order valence-corrected chi connectivity index (χ0v) is 11.6. The van der Waals surface area contributed by atoms with Crippen molar-refractivity contribution in [2.75, 3.05) is 11.4 Å². The minimum atomic E-state index is -4.86. The van der Waals surface area contributed by atoms with Gasteiger partial charge in [0.25, 0.3) is 0 Å². The molecule has 1 aliphatic rings. The van der Waals surface area contributed by atoms with Crippen LogP contribution in [0.15, 0.2) is 22.7 Å². The highest BCUT2D eigenvalue weighted by Crippen LogP contribution is 2.36. The van der Waals surface area contributed by atoms with Crippen LogP contribution in [-0.2, 0) is 9.59 Å². The maximum atomic E-state index is 12.4. The van der Waals surface area contributed by atoms with E-state index >= 15 is 0 Å². The number of amides is 1. The lowest BCUT2D eigenvalue weighted by atomic mass is 10.1. The molecular weight excluding hydrogens is 343 g/mol. The minimum Gasteiger partial charge on any atom is -0.404 e. The molecule has 0 radical (unpaired) electrons. The van der Waals surface area contributed by atoms with Gasteiger partial charge in [0.15, 0.2) is 5.75 Å².